The molecule has 31 heavy (non-hydrogen) atoms. The Bertz CT molecular complexity index is 1030. The highest BCUT2D eigenvalue weighted by atomic mass is 35.5. The standard InChI is InChI=1S/C24H26ClN3O3/c1-26-13-11-18(12-14-26)27(2)22-21(16-7-9-20(31-3)10-8-16)23(29)28(24(22)30)19-6-4-5-17(25)15-19/h4-10,15,18H,11-14H2,1-3H3. The molecule has 0 aliphatic carbocycles. The monoisotopic (exact) mass is 439 g/mol. The number of imide groups is 1. The van der Waals surface area contributed by atoms with E-state index in [9.17, 15) is 9.59 Å². The fourth-order valence-electron chi connectivity index (χ4n) is 4.28. The van der Waals surface area contributed by atoms with E-state index in [4.69, 9.17) is 16.3 Å². The molecule has 0 bridgehead atoms. The van der Waals surface area contributed by atoms with Gasteiger partial charge in [-0.15, -0.1) is 0 Å². The van der Waals surface area contributed by atoms with E-state index in [-0.39, 0.29) is 17.9 Å². The molecule has 0 unspecified atom stereocenters. The van der Waals surface area contributed by atoms with Gasteiger partial charge in [-0.1, -0.05) is 29.8 Å². The molecule has 2 heterocycles. The number of hydrogen-bond donors (Lipinski definition) is 0. The molecule has 0 aromatic heterocycles. The maximum absolute atomic E-state index is 13.6. The summed E-state index contributed by atoms with van der Waals surface area (Å²) in [4.78, 5) is 32.7. The van der Waals surface area contributed by atoms with Crippen molar-refractivity contribution in [3.8, 4) is 5.75 Å². The van der Waals surface area contributed by atoms with Gasteiger partial charge in [0.25, 0.3) is 11.8 Å². The summed E-state index contributed by atoms with van der Waals surface area (Å²) in [6.07, 6.45) is 1.87. The normalized spacial score (nSPS) is 18.1. The minimum absolute atomic E-state index is 0.190. The van der Waals surface area contributed by atoms with Crippen LogP contribution >= 0.6 is 11.6 Å². The van der Waals surface area contributed by atoms with Gasteiger partial charge in [-0.2, -0.15) is 0 Å². The van der Waals surface area contributed by atoms with Crippen LogP contribution in [0.4, 0.5) is 5.69 Å². The van der Waals surface area contributed by atoms with Crippen LogP contribution in [0.3, 0.4) is 0 Å². The number of piperidine rings is 1. The van der Waals surface area contributed by atoms with Gasteiger partial charge in [-0.3, -0.25) is 9.59 Å². The van der Waals surface area contributed by atoms with Crippen molar-refractivity contribution >= 4 is 34.7 Å². The second-order valence-electron chi connectivity index (χ2n) is 8.02. The lowest BCUT2D eigenvalue weighted by Crippen LogP contribution is -2.43. The van der Waals surface area contributed by atoms with Crippen molar-refractivity contribution in [2.45, 2.75) is 18.9 Å². The van der Waals surface area contributed by atoms with Crippen LogP contribution in [0.15, 0.2) is 54.2 Å². The van der Waals surface area contributed by atoms with Gasteiger partial charge in [-0.05, 0) is 68.9 Å². The minimum atomic E-state index is -0.341. The quantitative estimate of drug-likeness (QED) is 0.665. The van der Waals surface area contributed by atoms with Crippen LogP contribution in [-0.2, 0) is 9.59 Å². The smallest absolute Gasteiger partial charge is 0.282 e. The van der Waals surface area contributed by atoms with E-state index >= 15 is 0 Å². The van der Waals surface area contributed by atoms with Crippen molar-refractivity contribution in [2.24, 2.45) is 0 Å². The Labute approximate surface area is 187 Å². The first-order chi connectivity index (χ1) is 14.9. The molecular formula is C24H26ClN3O3. The van der Waals surface area contributed by atoms with Crippen LogP contribution in [0.5, 0.6) is 5.75 Å². The maximum atomic E-state index is 13.6. The average molecular weight is 440 g/mol. The number of carbonyl (C=O) groups is 2. The Morgan fingerprint density at radius 2 is 1.71 bits per heavy atom. The van der Waals surface area contributed by atoms with E-state index in [0.29, 0.717) is 33.3 Å². The van der Waals surface area contributed by atoms with Crippen LogP contribution in [0, 0.1) is 0 Å². The van der Waals surface area contributed by atoms with E-state index in [0.717, 1.165) is 25.9 Å². The molecule has 2 aromatic rings. The lowest BCUT2D eigenvalue weighted by molar-refractivity contribution is -0.120. The average Bonchev–Trinajstić information content (AvgIpc) is 3.03. The molecule has 2 aromatic carbocycles. The third kappa shape index (κ3) is 4.05. The number of ether oxygens (including phenoxy) is 1. The van der Waals surface area contributed by atoms with Crippen molar-refractivity contribution in [1.29, 1.82) is 0 Å². The molecule has 0 saturated carbocycles. The third-order valence-electron chi connectivity index (χ3n) is 6.09. The fraction of sp³-hybridized carbons (Fsp3) is 0.333. The summed E-state index contributed by atoms with van der Waals surface area (Å²) in [5, 5.41) is 0.473. The molecule has 2 amide bonds. The summed E-state index contributed by atoms with van der Waals surface area (Å²) < 4.78 is 5.25. The Balaban J connectivity index is 1.78. The van der Waals surface area contributed by atoms with Crippen molar-refractivity contribution in [2.75, 3.05) is 39.2 Å². The topological polar surface area (TPSA) is 53.1 Å². The van der Waals surface area contributed by atoms with Crippen LogP contribution in [0.1, 0.15) is 18.4 Å². The van der Waals surface area contributed by atoms with Crippen LogP contribution in [0.25, 0.3) is 5.57 Å². The maximum Gasteiger partial charge on any atom is 0.282 e. The number of likely N-dealkylation sites (tertiary alicyclic amines) is 1. The highest BCUT2D eigenvalue weighted by molar-refractivity contribution is 6.45. The second kappa shape index (κ2) is 8.73. The number of rotatable bonds is 5. The van der Waals surface area contributed by atoms with Gasteiger partial charge in [0.2, 0.25) is 0 Å². The number of nitrogens with zero attached hydrogens (tertiary/aromatic N) is 3. The molecule has 1 saturated heterocycles. The van der Waals surface area contributed by atoms with Gasteiger partial charge >= 0.3 is 0 Å². The third-order valence-corrected chi connectivity index (χ3v) is 6.33. The molecule has 7 heteroatoms. The summed E-state index contributed by atoms with van der Waals surface area (Å²) >= 11 is 6.15. The molecule has 2 aliphatic rings. The molecule has 6 nitrogen and oxygen atoms in total. The number of benzene rings is 2. The predicted molar refractivity (Wildman–Crippen MR) is 122 cm³/mol. The number of hydrogen-bond acceptors (Lipinski definition) is 5. The van der Waals surface area contributed by atoms with E-state index in [1.165, 1.54) is 4.90 Å². The first-order valence-corrected chi connectivity index (χ1v) is 10.7. The van der Waals surface area contributed by atoms with Crippen molar-refractivity contribution < 1.29 is 14.3 Å². The molecule has 0 N–H and O–H groups in total. The van der Waals surface area contributed by atoms with E-state index in [1.807, 2.05) is 24.1 Å². The number of likely N-dealkylation sites (N-methyl/N-ethyl adjacent to an activating group) is 1. The molecular weight excluding hydrogens is 414 g/mol. The zero-order chi connectivity index (χ0) is 22.1. The van der Waals surface area contributed by atoms with Gasteiger partial charge in [0, 0.05) is 18.1 Å². The lowest BCUT2D eigenvalue weighted by Gasteiger charge is -2.36. The van der Waals surface area contributed by atoms with Crippen molar-refractivity contribution in [1.82, 2.24) is 9.80 Å². The summed E-state index contributed by atoms with van der Waals surface area (Å²) in [5.41, 5.74) is 2.01. The van der Waals surface area contributed by atoms with Crippen molar-refractivity contribution in [3.63, 3.8) is 0 Å². The van der Waals surface area contributed by atoms with E-state index < -0.39 is 0 Å². The minimum Gasteiger partial charge on any atom is -0.497 e. The van der Waals surface area contributed by atoms with Crippen LogP contribution in [0.2, 0.25) is 5.02 Å². The Hall–Kier alpha value is -2.83. The molecule has 0 spiro atoms. The number of carbonyl (C=O) groups excluding carboxylic acids is 2. The molecule has 2 aliphatic heterocycles. The van der Waals surface area contributed by atoms with Gasteiger partial charge in [0.15, 0.2) is 0 Å². The van der Waals surface area contributed by atoms with Crippen LogP contribution in [-0.4, -0.2) is 62.0 Å². The lowest BCUT2D eigenvalue weighted by atomic mass is 10.00. The number of methoxy groups -OCH3 is 1. The summed E-state index contributed by atoms with van der Waals surface area (Å²) in [5.74, 6) is 0.0322. The molecule has 4 rings (SSSR count). The predicted octanol–water partition coefficient (Wildman–Crippen LogP) is 3.66. The largest absolute Gasteiger partial charge is 0.497 e. The highest BCUT2D eigenvalue weighted by Gasteiger charge is 2.43. The van der Waals surface area contributed by atoms with Gasteiger partial charge in [0.1, 0.15) is 11.4 Å². The fourth-order valence-corrected chi connectivity index (χ4v) is 4.46. The summed E-state index contributed by atoms with van der Waals surface area (Å²) in [6, 6.07) is 14.3. The first-order valence-electron chi connectivity index (χ1n) is 10.3. The first kappa shape index (κ1) is 21.4. The second-order valence-corrected chi connectivity index (χ2v) is 8.46. The Morgan fingerprint density at radius 1 is 1.03 bits per heavy atom. The molecule has 162 valence electrons. The zero-order valence-corrected chi connectivity index (χ0v) is 18.7. The SMILES string of the molecule is COc1ccc(C2=C(N(C)C3CCN(C)CC3)C(=O)N(c3cccc(Cl)c3)C2=O)cc1. The van der Waals surface area contributed by atoms with E-state index in [1.54, 1.807) is 43.5 Å². The highest BCUT2D eigenvalue weighted by Crippen LogP contribution is 2.37. The van der Waals surface area contributed by atoms with E-state index in [2.05, 4.69) is 11.9 Å². The Morgan fingerprint density at radius 3 is 2.32 bits per heavy atom. The van der Waals surface area contributed by atoms with Crippen LogP contribution < -0.4 is 9.64 Å². The summed E-state index contributed by atoms with van der Waals surface area (Å²) in [7, 11) is 5.61. The molecule has 1 fully saturated rings. The molecule has 0 radical (unpaired) electrons. The zero-order valence-electron chi connectivity index (χ0n) is 18.0. The Kier molecular flexibility index (Phi) is 6.03. The number of anilines is 1. The van der Waals surface area contributed by atoms with Crippen molar-refractivity contribution in [3.05, 3.63) is 64.8 Å². The summed E-state index contributed by atoms with van der Waals surface area (Å²) in [6.45, 7) is 1.92. The van der Waals surface area contributed by atoms with Gasteiger partial charge in [0.05, 0.1) is 18.4 Å². The van der Waals surface area contributed by atoms with Gasteiger partial charge in [-0.25, -0.2) is 4.90 Å². The van der Waals surface area contributed by atoms with Gasteiger partial charge < -0.3 is 14.5 Å². The number of amides is 2. The number of halogens is 1. The molecule has 0 atom stereocenters.